The molecule has 1 heterocycles. The van der Waals surface area contributed by atoms with E-state index in [4.69, 9.17) is 4.42 Å². The van der Waals surface area contributed by atoms with Crippen LogP contribution in [-0.4, -0.2) is 13.9 Å². The van der Waals surface area contributed by atoms with Gasteiger partial charge in [-0.25, -0.2) is 4.39 Å². The summed E-state index contributed by atoms with van der Waals surface area (Å²) in [7, 11) is -5.82. The number of benzene rings is 2. The van der Waals surface area contributed by atoms with Gasteiger partial charge in [0, 0.05) is 10.8 Å². The number of hydrogen-bond donors (Lipinski definition) is 0. The van der Waals surface area contributed by atoms with E-state index in [0.717, 1.165) is 18.2 Å². The smallest absolute Gasteiger partial charge is 0.452 e. The molecule has 0 bridgehead atoms. The Kier molecular flexibility index (Phi) is 3.06. The van der Waals surface area contributed by atoms with Crippen LogP contribution in [0.15, 0.2) is 40.8 Å². The van der Waals surface area contributed by atoms with E-state index in [1.807, 2.05) is 0 Å². The fourth-order valence-electron chi connectivity index (χ4n) is 1.98. The molecule has 0 spiro atoms. The Morgan fingerprint density at radius 1 is 1.05 bits per heavy atom. The van der Waals surface area contributed by atoms with Crippen molar-refractivity contribution in [2.75, 3.05) is 0 Å². The molecule has 0 saturated carbocycles. The quantitative estimate of drug-likeness (QED) is 0.404. The van der Waals surface area contributed by atoms with Crippen LogP contribution in [0.1, 0.15) is 0 Å². The van der Waals surface area contributed by atoms with Crippen LogP contribution < -0.4 is 4.18 Å². The van der Waals surface area contributed by atoms with Crippen LogP contribution in [0.25, 0.3) is 21.9 Å². The summed E-state index contributed by atoms with van der Waals surface area (Å²) in [6.07, 6.45) is 0. The molecule has 116 valence electrons. The molecule has 0 N–H and O–H groups in total. The van der Waals surface area contributed by atoms with Gasteiger partial charge in [-0.3, -0.25) is 0 Å². The van der Waals surface area contributed by atoms with E-state index in [2.05, 4.69) is 4.18 Å². The molecule has 0 aliphatic heterocycles. The third-order valence-corrected chi connectivity index (χ3v) is 3.87. The van der Waals surface area contributed by atoms with Gasteiger partial charge in [0.05, 0.1) is 0 Å². The molecule has 2 aromatic carbocycles. The van der Waals surface area contributed by atoms with E-state index in [-0.39, 0.29) is 16.6 Å². The van der Waals surface area contributed by atoms with Crippen molar-refractivity contribution in [3.8, 4) is 5.75 Å². The summed E-state index contributed by atoms with van der Waals surface area (Å²) >= 11 is 0. The molecular formula is C13H6F4O4S. The number of fused-ring (bicyclic) bond motifs is 3. The van der Waals surface area contributed by atoms with E-state index in [0.29, 0.717) is 5.39 Å². The highest BCUT2D eigenvalue weighted by Crippen LogP contribution is 2.37. The Bertz CT molecular complexity index is 973. The average Bonchev–Trinajstić information content (AvgIpc) is 2.76. The molecule has 22 heavy (non-hydrogen) atoms. The second-order valence-corrected chi connectivity index (χ2v) is 5.90. The van der Waals surface area contributed by atoms with Crippen molar-refractivity contribution < 1.29 is 34.6 Å². The van der Waals surface area contributed by atoms with Gasteiger partial charge in [-0.2, -0.15) is 21.6 Å². The second-order valence-electron chi connectivity index (χ2n) is 4.36. The molecule has 0 fully saturated rings. The lowest BCUT2D eigenvalue weighted by Crippen LogP contribution is -2.28. The molecule has 1 aromatic heterocycles. The molecule has 4 nitrogen and oxygen atoms in total. The van der Waals surface area contributed by atoms with Crippen LogP contribution >= 0.6 is 0 Å². The van der Waals surface area contributed by atoms with Crippen LogP contribution in [0.2, 0.25) is 0 Å². The van der Waals surface area contributed by atoms with Gasteiger partial charge in [0.2, 0.25) is 0 Å². The lowest BCUT2D eigenvalue weighted by Gasteiger charge is -2.09. The maximum absolute atomic E-state index is 13.3. The molecule has 0 aliphatic rings. The van der Waals surface area contributed by atoms with Crippen molar-refractivity contribution in [3.05, 3.63) is 42.2 Å². The van der Waals surface area contributed by atoms with Crippen molar-refractivity contribution in [2.45, 2.75) is 5.51 Å². The van der Waals surface area contributed by atoms with Gasteiger partial charge >= 0.3 is 15.6 Å². The van der Waals surface area contributed by atoms with Crippen LogP contribution in [0.3, 0.4) is 0 Å². The first-order chi connectivity index (χ1) is 10.2. The number of furan rings is 1. The molecular weight excluding hydrogens is 328 g/mol. The molecule has 3 aromatic rings. The van der Waals surface area contributed by atoms with Crippen LogP contribution in [0, 0.1) is 5.82 Å². The minimum atomic E-state index is -5.82. The molecule has 0 saturated heterocycles. The highest BCUT2D eigenvalue weighted by Gasteiger charge is 2.48. The molecule has 0 radical (unpaired) electrons. The summed E-state index contributed by atoms with van der Waals surface area (Å²) in [5, 5.41) is 0.536. The fourth-order valence-corrected chi connectivity index (χ4v) is 2.44. The summed E-state index contributed by atoms with van der Waals surface area (Å²) in [5.41, 5.74) is -5.58. The third-order valence-electron chi connectivity index (χ3n) is 2.91. The van der Waals surface area contributed by atoms with Crippen molar-refractivity contribution in [3.63, 3.8) is 0 Å². The van der Waals surface area contributed by atoms with E-state index in [1.54, 1.807) is 0 Å². The molecule has 0 atom stereocenters. The van der Waals surface area contributed by atoms with Gasteiger partial charge in [-0.1, -0.05) is 12.1 Å². The summed E-state index contributed by atoms with van der Waals surface area (Å²) in [4.78, 5) is 0. The van der Waals surface area contributed by atoms with Crippen molar-refractivity contribution >= 4 is 32.1 Å². The minimum absolute atomic E-state index is 0.192. The van der Waals surface area contributed by atoms with Gasteiger partial charge < -0.3 is 8.60 Å². The third kappa shape index (κ3) is 2.27. The minimum Gasteiger partial charge on any atom is -0.452 e. The van der Waals surface area contributed by atoms with Crippen molar-refractivity contribution in [1.29, 1.82) is 0 Å². The van der Waals surface area contributed by atoms with Gasteiger partial charge in [-0.05, 0) is 24.3 Å². The Labute approximate surface area is 121 Å². The zero-order valence-electron chi connectivity index (χ0n) is 10.5. The topological polar surface area (TPSA) is 56.5 Å². The standard InChI is InChI=1S/C13H6F4O4S/c14-7-4-5-10-9(6-7)8-2-1-3-11(12(8)20-10)21-22(18,19)13(15,16)17/h1-6H. The molecule has 0 aliphatic carbocycles. The lowest BCUT2D eigenvalue weighted by molar-refractivity contribution is -0.0499. The summed E-state index contributed by atoms with van der Waals surface area (Å²) in [6, 6.07) is 7.27. The first kappa shape index (κ1) is 14.6. The normalized spacial score (nSPS) is 12.9. The summed E-state index contributed by atoms with van der Waals surface area (Å²) in [6.45, 7) is 0. The van der Waals surface area contributed by atoms with Crippen LogP contribution in [-0.2, 0) is 10.1 Å². The maximum Gasteiger partial charge on any atom is 0.534 e. The zero-order valence-corrected chi connectivity index (χ0v) is 11.3. The Balaban J connectivity index is 2.22. The Morgan fingerprint density at radius 3 is 2.45 bits per heavy atom. The predicted molar refractivity (Wildman–Crippen MR) is 69.3 cm³/mol. The van der Waals surface area contributed by atoms with Crippen molar-refractivity contribution in [1.82, 2.24) is 0 Å². The van der Waals surface area contributed by atoms with E-state index in [1.165, 1.54) is 18.2 Å². The largest absolute Gasteiger partial charge is 0.534 e. The number of alkyl halides is 3. The number of hydrogen-bond acceptors (Lipinski definition) is 4. The molecule has 0 unspecified atom stereocenters. The lowest BCUT2D eigenvalue weighted by atomic mass is 10.1. The first-order valence-electron chi connectivity index (χ1n) is 5.80. The fraction of sp³-hybridized carbons (Fsp3) is 0.0769. The summed E-state index contributed by atoms with van der Waals surface area (Å²) in [5.74, 6) is -1.18. The zero-order chi connectivity index (χ0) is 16.1. The van der Waals surface area contributed by atoms with Gasteiger partial charge in [0.15, 0.2) is 11.3 Å². The van der Waals surface area contributed by atoms with E-state index >= 15 is 0 Å². The molecule has 9 heteroatoms. The second kappa shape index (κ2) is 4.60. The van der Waals surface area contributed by atoms with Gasteiger partial charge in [0.1, 0.15) is 11.4 Å². The number of halogens is 4. The number of rotatable bonds is 2. The average molecular weight is 334 g/mol. The molecule has 0 amide bonds. The molecule has 3 rings (SSSR count). The van der Waals surface area contributed by atoms with Crippen LogP contribution in [0.5, 0.6) is 5.75 Å². The Morgan fingerprint density at radius 2 is 1.77 bits per heavy atom. The van der Waals surface area contributed by atoms with Gasteiger partial charge in [-0.15, -0.1) is 0 Å². The maximum atomic E-state index is 13.3. The highest BCUT2D eigenvalue weighted by molar-refractivity contribution is 7.88. The van der Waals surface area contributed by atoms with Gasteiger partial charge in [0.25, 0.3) is 0 Å². The SMILES string of the molecule is O=S(=O)(Oc1cccc2c1oc1ccc(F)cc12)C(F)(F)F. The van der Waals surface area contributed by atoms with Crippen LogP contribution in [0.4, 0.5) is 17.6 Å². The monoisotopic (exact) mass is 334 g/mol. The predicted octanol–water partition coefficient (Wildman–Crippen LogP) is 3.95. The summed E-state index contributed by atoms with van der Waals surface area (Å²) < 4.78 is 81.9. The number of para-hydroxylation sites is 1. The van der Waals surface area contributed by atoms with E-state index < -0.39 is 27.2 Å². The van der Waals surface area contributed by atoms with Crippen molar-refractivity contribution in [2.24, 2.45) is 0 Å². The highest BCUT2D eigenvalue weighted by atomic mass is 32.2. The van der Waals surface area contributed by atoms with E-state index in [9.17, 15) is 26.0 Å². The Hall–Kier alpha value is -2.29. The first-order valence-corrected chi connectivity index (χ1v) is 7.21.